The second kappa shape index (κ2) is 3.49. The monoisotopic (exact) mass is 199 g/mol. The Morgan fingerprint density at radius 3 is 2.53 bits per heavy atom. The van der Waals surface area contributed by atoms with Crippen LogP contribution in [0.1, 0.15) is 30.7 Å². The predicted molar refractivity (Wildman–Crippen MR) is 62.6 cm³/mol. The van der Waals surface area contributed by atoms with E-state index in [9.17, 15) is 0 Å². The third-order valence-electron chi connectivity index (χ3n) is 3.69. The van der Waals surface area contributed by atoms with Crippen molar-refractivity contribution in [1.29, 1.82) is 0 Å². The first kappa shape index (κ1) is 9.17. The molecule has 2 aliphatic rings. The number of nitrogens with two attached hydrogens (primary N) is 1. The van der Waals surface area contributed by atoms with Crippen molar-refractivity contribution >= 4 is 0 Å². The van der Waals surface area contributed by atoms with E-state index in [2.05, 4.69) is 36.4 Å². The summed E-state index contributed by atoms with van der Waals surface area (Å²) in [6.45, 7) is 0. The lowest BCUT2D eigenvalue weighted by Crippen LogP contribution is -2.11. The van der Waals surface area contributed by atoms with Crippen molar-refractivity contribution in [2.24, 2.45) is 11.7 Å². The Balaban J connectivity index is 1.72. The lowest BCUT2D eigenvalue weighted by atomic mass is 10.0. The summed E-state index contributed by atoms with van der Waals surface area (Å²) in [5.74, 6) is 1.59. The Kier molecular flexibility index (Phi) is 2.14. The lowest BCUT2D eigenvalue weighted by molar-refractivity contribution is 0.758. The molecule has 1 nitrogen and oxygen atoms in total. The lowest BCUT2D eigenvalue weighted by Gasteiger charge is -2.00. The molecule has 1 fully saturated rings. The zero-order chi connectivity index (χ0) is 10.3. The second-order valence-electron chi connectivity index (χ2n) is 4.80. The van der Waals surface area contributed by atoms with Gasteiger partial charge in [-0.2, -0.15) is 0 Å². The van der Waals surface area contributed by atoms with Crippen LogP contribution in [0.5, 0.6) is 0 Å². The van der Waals surface area contributed by atoms with Gasteiger partial charge in [0.15, 0.2) is 0 Å². The molecule has 1 saturated carbocycles. The molecule has 15 heavy (non-hydrogen) atoms. The topological polar surface area (TPSA) is 26.0 Å². The predicted octanol–water partition coefficient (Wildman–Crippen LogP) is 2.84. The van der Waals surface area contributed by atoms with Gasteiger partial charge in [-0.25, -0.2) is 0 Å². The first-order chi connectivity index (χ1) is 7.34. The molecule has 0 aliphatic heterocycles. The van der Waals surface area contributed by atoms with Gasteiger partial charge in [0.1, 0.15) is 0 Å². The Labute approximate surface area is 91.0 Å². The molecular weight excluding hydrogens is 182 g/mol. The SMILES string of the molecule is NC1C=C(C2CC2c2ccccc2)CC1. The molecule has 0 aromatic heterocycles. The van der Waals surface area contributed by atoms with Gasteiger partial charge in [0, 0.05) is 6.04 Å². The number of rotatable bonds is 2. The van der Waals surface area contributed by atoms with Crippen LogP contribution in [-0.4, -0.2) is 6.04 Å². The number of hydrogen-bond acceptors (Lipinski definition) is 1. The highest BCUT2D eigenvalue weighted by atomic mass is 14.6. The van der Waals surface area contributed by atoms with Gasteiger partial charge < -0.3 is 5.73 Å². The van der Waals surface area contributed by atoms with E-state index in [1.807, 2.05) is 0 Å². The van der Waals surface area contributed by atoms with Gasteiger partial charge >= 0.3 is 0 Å². The van der Waals surface area contributed by atoms with Crippen molar-refractivity contribution in [1.82, 2.24) is 0 Å². The van der Waals surface area contributed by atoms with Gasteiger partial charge in [-0.15, -0.1) is 0 Å². The maximum absolute atomic E-state index is 5.90. The standard InChI is InChI=1S/C14H17N/c15-12-7-6-11(8-12)14-9-13(14)10-4-2-1-3-5-10/h1-5,8,12-14H,6-7,9,15H2. The number of allylic oxidation sites excluding steroid dienone is 1. The van der Waals surface area contributed by atoms with Crippen LogP contribution in [0, 0.1) is 5.92 Å². The summed E-state index contributed by atoms with van der Waals surface area (Å²) in [4.78, 5) is 0. The molecule has 3 atom stereocenters. The van der Waals surface area contributed by atoms with Gasteiger partial charge in [-0.05, 0) is 36.7 Å². The molecule has 78 valence electrons. The van der Waals surface area contributed by atoms with Crippen LogP contribution < -0.4 is 5.73 Å². The van der Waals surface area contributed by atoms with Gasteiger partial charge in [-0.3, -0.25) is 0 Å². The second-order valence-corrected chi connectivity index (χ2v) is 4.80. The quantitative estimate of drug-likeness (QED) is 0.728. The van der Waals surface area contributed by atoms with Crippen molar-refractivity contribution in [3.63, 3.8) is 0 Å². The van der Waals surface area contributed by atoms with E-state index >= 15 is 0 Å². The summed E-state index contributed by atoms with van der Waals surface area (Å²) in [6.07, 6.45) is 6.03. The van der Waals surface area contributed by atoms with Crippen LogP contribution in [0.3, 0.4) is 0 Å². The molecule has 3 unspecified atom stereocenters. The maximum atomic E-state index is 5.90. The van der Waals surface area contributed by atoms with Gasteiger partial charge in [0.2, 0.25) is 0 Å². The summed E-state index contributed by atoms with van der Waals surface area (Å²) in [7, 11) is 0. The average Bonchev–Trinajstić information content (AvgIpc) is 2.96. The van der Waals surface area contributed by atoms with Crippen molar-refractivity contribution in [3.8, 4) is 0 Å². The molecule has 3 rings (SSSR count). The van der Waals surface area contributed by atoms with Crippen LogP contribution in [0.2, 0.25) is 0 Å². The molecule has 0 radical (unpaired) electrons. The molecular formula is C14H17N. The minimum Gasteiger partial charge on any atom is -0.324 e. The van der Waals surface area contributed by atoms with Gasteiger partial charge in [0.05, 0.1) is 0 Å². The van der Waals surface area contributed by atoms with Crippen molar-refractivity contribution in [2.75, 3.05) is 0 Å². The Morgan fingerprint density at radius 2 is 1.87 bits per heavy atom. The molecule has 0 heterocycles. The van der Waals surface area contributed by atoms with E-state index in [1.165, 1.54) is 18.4 Å². The molecule has 0 bridgehead atoms. The zero-order valence-electron chi connectivity index (χ0n) is 8.89. The van der Waals surface area contributed by atoms with E-state index in [1.54, 1.807) is 5.57 Å². The molecule has 2 N–H and O–H groups in total. The molecule has 0 spiro atoms. The highest BCUT2D eigenvalue weighted by molar-refractivity contribution is 5.33. The summed E-state index contributed by atoms with van der Waals surface area (Å²) in [5, 5.41) is 0. The Morgan fingerprint density at radius 1 is 1.07 bits per heavy atom. The van der Waals surface area contributed by atoms with Crippen LogP contribution in [0.4, 0.5) is 0 Å². The largest absolute Gasteiger partial charge is 0.324 e. The van der Waals surface area contributed by atoms with Crippen LogP contribution in [0.15, 0.2) is 42.0 Å². The van der Waals surface area contributed by atoms with Crippen molar-refractivity contribution < 1.29 is 0 Å². The minimum absolute atomic E-state index is 0.331. The Hall–Kier alpha value is -1.08. The fourth-order valence-corrected chi connectivity index (χ4v) is 2.76. The fourth-order valence-electron chi connectivity index (χ4n) is 2.76. The number of hydrogen-bond donors (Lipinski definition) is 1. The number of benzene rings is 1. The molecule has 1 heteroatoms. The first-order valence-electron chi connectivity index (χ1n) is 5.86. The van der Waals surface area contributed by atoms with E-state index in [4.69, 9.17) is 5.73 Å². The maximum Gasteiger partial charge on any atom is 0.0229 e. The van der Waals surface area contributed by atoms with Crippen LogP contribution in [-0.2, 0) is 0 Å². The van der Waals surface area contributed by atoms with Crippen LogP contribution >= 0.6 is 0 Å². The summed E-state index contributed by atoms with van der Waals surface area (Å²) < 4.78 is 0. The summed E-state index contributed by atoms with van der Waals surface area (Å²) >= 11 is 0. The fraction of sp³-hybridized carbons (Fsp3) is 0.429. The molecule has 0 saturated heterocycles. The van der Waals surface area contributed by atoms with Gasteiger partial charge in [0.25, 0.3) is 0 Å². The van der Waals surface area contributed by atoms with Gasteiger partial charge in [-0.1, -0.05) is 42.0 Å². The first-order valence-corrected chi connectivity index (χ1v) is 5.86. The highest BCUT2D eigenvalue weighted by Crippen LogP contribution is 2.53. The van der Waals surface area contributed by atoms with E-state index in [-0.39, 0.29) is 0 Å². The normalized spacial score (nSPS) is 33.9. The third-order valence-corrected chi connectivity index (χ3v) is 3.69. The van der Waals surface area contributed by atoms with Crippen LogP contribution in [0.25, 0.3) is 0 Å². The molecule has 0 amide bonds. The average molecular weight is 199 g/mol. The van der Waals surface area contributed by atoms with E-state index in [0.717, 1.165) is 18.3 Å². The van der Waals surface area contributed by atoms with E-state index < -0.39 is 0 Å². The summed E-state index contributed by atoms with van der Waals surface area (Å²) in [6, 6.07) is 11.2. The van der Waals surface area contributed by atoms with E-state index in [0.29, 0.717) is 6.04 Å². The smallest absolute Gasteiger partial charge is 0.0229 e. The van der Waals surface area contributed by atoms with Crippen molar-refractivity contribution in [3.05, 3.63) is 47.5 Å². The Bertz CT molecular complexity index is 380. The molecule has 1 aromatic carbocycles. The highest BCUT2D eigenvalue weighted by Gasteiger charge is 2.41. The minimum atomic E-state index is 0.331. The summed E-state index contributed by atoms with van der Waals surface area (Å²) in [5.41, 5.74) is 9.02. The molecule has 1 aromatic rings. The zero-order valence-corrected chi connectivity index (χ0v) is 8.89. The third kappa shape index (κ3) is 1.72. The molecule has 2 aliphatic carbocycles. The van der Waals surface area contributed by atoms with Crippen molar-refractivity contribution in [2.45, 2.75) is 31.2 Å².